The van der Waals surface area contributed by atoms with Gasteiger partial charge < -0.3 is 0 Å². The Morgan fingerprint density at radius 3 is 2.92 bits per heavy atom. The van der Waals surface area contributed by atoms with E-state index in [0.717, 1.165) is 12.8 Å². The quantitative estimate of drug-likeness (QED) is 0.604. The number of hydrogen-bond donors (Lipinski definition) is 0. The minimum Gasteiger partial charge on any atom is -0.0661 e. The molecule has 0 saturated carbocycles. The van der Waals surface area contributed by atoms with Gasteiger partial charge >= 0.3 is 0 Å². The highest BCUT2D eigenvalue weighted by molar-refractivity contribution is 5.58. The molecule has 0 aromatic heterocycles. The summed E-state index contributed by atoms with van der Waals surface area (Å²) in [6.45, 7) is 2.22. The van der Waals surface area contributed by atoms with Crippen LogP contribution >= 0.6 is 0 Å². The molecule has 0 nitrogen and oxygen atoms in total. The van der Waals surface area contributed by atoms with E-state index in [1.54, 1.807) is 0 Å². The number of allylic oxidation sites excluding steroid dienone is 3. The Morgan fingerprint density at radius 2 is 2.08 bits per heavy atom. The van der Waals surface area contributed by atoms with Crippen LogP contribution in [0, 0.1) is 0 Å². The Balaban J connectivity index is 2.40. The third kappa shape index (κ3) is 1.72. The number of fused-ring (bicyclic) bond motifs is 1. The summed E-state index contributed by atoms with van der Waals surface area (Å²) in [5, 5.41) is 0. The zero-order valence-electron chi connectivity index (χ0n) is 7.96. The van der Waals surface area contributed by atoms with Gasteiger partial charge in [0.15, 0.2) is 0 Å². The number of rotatable bonds is 1. The lowest BCUT2D eigenvalue weighted by molar-refractivity contribution is 1.01. The molecule has 1 aromatic carbocycles. The molecule has 0 heterocycles. The summed E-state index contributed by atoms with van der Waals surface area (Å²) in [5.74, 6) is 0. The van der Waals surface area contributed by atoms with Crippen molar-refractivity contribution in [2.24, 2.45) is 0 Å². The number of benzene rings is 1. The molecule has 0 atom stereocenters. The second-order valence-corrected chi connectivity index (χ2v) is 3.41. The summed E-state index contributed by atoms with van der Waals surface area (Å²) >= 11 is 0. The van der Waals surface area contributed by atoms with Crippen LogP contribution in [0.2, 0.25) is 0 Å². The third-order valence-electron chi connectivity index (χ3n) is 2.53. The molecule has 13 heavy (non-hydrogen) atoms. The van der Waals surface area contributed by atoms with Crippen LogP contribution in [0.4, 0.5) is 0 Å². The summed E-state index contributed by atoms with van der Waals surface area (Å²) in [4.78, 5) is 0. The van der Waals surface area contributed by atoms with E-state index < -0.39 is 0 Å². The second-order valence-electron chi connectivity index (χ2n) is 3.41. The van der Waals surface area contributed by atoms with Gasteiger partial charge in [0.2, 0.25) is 0 Å². The Bertz CT molecular complexity index is 356. The van der Waals surface area contributed by atoms with Crippen LogP contribution < -0.4 is 0 Å². The van der Waals surface area contributed by atoms with Crippen molar-refractivity contribution in [3.05, 3.63) is 53.1 Å². The van der Waals surface area contributed by atoms with Crippen LogP contribution in [0.1, 0.15) is 24.5 Å². The van der Waals surface area contributed by atoms with Crippen molar-refractivity contribution < 1.29 is 0 Å². The maximum Gasteiger partial charge on any atom is -0.00582 e. The van der Waals surface area contributed by atoms with Gasteiger partial charge in [-0.15, -0.1) is 0 Å². The lowest BCUT2D eigenvalue weighted by Crippen LogP contribution is -1.90. The first kappa shape index (κ1) is 8.31. The summed E-state index contributed by atoms with van der Waals surface area (Å²) in [7, 11) is 0. The zero-order valence-corrected chi connectivity index (χ0v) is 7.96. The SMILES string of the molecule is CCC1=CC=Cc2ccccc2C1. The maximum absolute atomic E-state index is 2.24. The first-order valence-electron chi connectivity index (χ1n) is 4.84. The van der Waals surface area contributed by atoms with E-state index in [4.69, 9.17) is 0 Å². The minimum atomic E-state index is 1.11. The standard InChI is InChI=1S/C13H14/c1-2-11-6-5-9-12-7-3-4-8-13(12)10-11/h3-9H,2,10H2,1H3. The van der Waals surface area contributed by atoms with Crippen LogP contribution in [0.5, 0.6) is 0 Å². The van der Waals surface area contributed by atoms with Crippen LogP contribution in [-0.4, -0.2) is 0 Å². The number of hydrogen-bond acceptors (Lipinski definition) is 0. The third-order valence-corrected chi connectivity index (χ3v) is 2.53. The van der Waals surface area contributed by atoms with E-state index in [-0.39, 0.29) is 0 Å². The highest BCUT2D eigenvalue weighted by Gasteiger charge is 2.03. The molecule has 0 heteroatoms. The van der Waals surface area contributed by atoms with Gasteiger partial charge in [-0.25, -0.2) is 0 Å². The Morgan fingerprint density at radius 1 is 1.23 bits per heavy atom. The minimum absolute atomic E-state index is 1.11. The molecule has 1 aromatic rings. The molecule has 0 spiro atoms. The van der Waals surface area contributed by atoms with Crippen molar-refractivity contribution in [3.8, 4) is 0 Å². The molecule has 66 valence electrons. The van der Waals surface area contributed by atoms with Gasteiger partial charge in [-0.2, -0.15) is 0 Å². The van der Waals surface area contributed by atoms with Gasteiger partial charge in [-0.05, 0) is 24.0 Å². The van der Waals surface area contributed by atoms with Crippen molar-refractivity contribution in [2.45, 2.75) is 19.8 Å². The maximum atomic E-state index is 2.24. The van der Waals surface area contributed by atoms with Gasteiger partial charge in [0.05, 0.1) is 0 Å². The molecule has 0 N–H and O–H groups in total. The zero-order chi connectivity index (χ0) is 9.10. The fraction of sp³-hybridized carbons (Fsp3) is 0.231. The van der Waals surface area contributed by atoms with E-state index in [0.29, 0.717) is 0 Å². The molecule has 0 saturated heterocycles. The van der Waals surface area contributed by atoms with Gasteiger partial charge in [0, 0.05) is 0 Å². The van der Waals surface area contributed by atoms with E-state index in [1.807, 2.05) is 0 Å². The van der Waals surface area contributed by atoms with Crippen molar-refractivity contribution in [1.82, 2.24) is 0 Å². The monoisotopic (exact) mass is 170 g/mol. The summed E-state index contributed by atoms with van der Waals surface area (Å²) in [6.07, 6.45) is 8.85. The molecular formula is C13H14. The van der Waals surface area contributed by atoms with Crippen LogP contribution in [0.3, 0.4) is 0 Å². The van der Waals surface area contributed by atoms with Gasteiger partial charge in [-0.1, -0.05) is 55.0 Å². The van der Waals surface area contributed by atoms with Crippen LogP contribution in [0.25, 0.3) is 6.08 Å². The molecule has 1 aliphatic carbocycles. The molecule has 0 bridgehead atoms. The van der Waals surface area contributed by atoms with Crippen molar-refractivity contribution >= 4 is 6.08 Å². The second kappa shape index (κ2) is 3.61. The molecule has 0 aliphatic heterocycles. The van der Waals surface area contributed by atoms with Crippen molar-refractivity contribution in [2.75, 3.05) is 0 Å². The highest BCUT2D eigenvalue weighted by Crippen LogP contribution is 2.20. The Kier molecular flexibility index (Phi) is 2.31. The first-order chi connectivity index (χ1) is 6.40. The molecule has 0 fully saturated rings. The molecular weight excluding hydrogens is 156 g/mol. The van der Waals surface area contributed by atoms with Gasteiger partial charge in [0.1, 0.15) is 0 Å². The predicted molar refractivity (Wildman–Crippen MR) is 57.6 cm³/mol. The Hall–Kier alpha value is -1.30. The lowest BCUT2D eigenvalue weighted by atomic mass is 10.0. The van der Waals surface area contributed by atoms with E-state index >= 15 is 0 Å². The van der Waals surface area contributed by atoms with Crippen LogP contribution in [-0.2, 0) is 6.42 Å². The van der Waals surface area contributed by atoms with Gasteiger partial charge in [0.25, 0.3) is 0 Å². The Labute approximate surface area is 79.6 Å². The smallest absolute Gasteiger partial charge is 0.00582 e. The lowest BCUT2D eigenvalue weighted by Gasteiger charge is -2.05. The van der Waals surface area contributed by atoms with Crippen molar-refractivity contribution in [1.29, 1.82) is 0 Å². The molecule has 0 unspecified atom stereocenters. The average Bonchev–Trinajstić information content (AvgIpc) is 2.38. The average molecular weight is 170 g/mol. The molecule has 1 aliphatic rings. The molecule has 0 amide bonds. The van der Waals surface area contributed by atoms with Crippen molar-refractivity contribution in [3.63, 3.8) is 0 Å². The van der Waals surface area contributed by atoms with Gasteiger partial charge in [-0.3, -0.25) is 0 Å². The summed E-state index contributed by atoms with van der Waals surface area (Å²) in [6, 6.07) is 8.61. The highest BCUT2D eigenvalue weighted by atomic mass is 14.1. The summed E-state index contributed by atoms with van der Waals surface area (Å²) in [5.41, 5.74) is 4.33. The van der Waals surface area contributed by atoms with E-state index in [2.05, 4.69) is 49.4 Å². The fourth-order valence-electron chi connectivity index (χ4n) is 1.69. The topological polar surface area (TPSA) is 0 Å². The normalized spacial score (nSPS) is 14.7. The largest absolute Gasteiger partial charge is 0.0661 e. The van der Waals surface area contributed by atoms with E-state index in [1.165, 1.54) is 16.7 Å². The molecule has 2 rings (SSSR count). The summed E-state index contributed by atoms with van der Waals surface area (Å²) < 4.78 is 0. The van der Waals surface area contributed by atoms with Crippen LogP contribution in [0.15, 0.2) is 42.0 Å². The molecule has 0 radical (unpaired) electrons. The fourth-order valence-corrected chi connectivity index (χ4v) is 1.69. The first-order valence-corrected chi connectivity index (χ1v) is 4.84. The van der Waals surface area contributed by atoms with E-state index in [9.17, 15) is 0 Å². The predicted octanol–water partition coefficient (Wildman–Crippen LogP) is 3.59.